The smallest absolute Gasteiger partial charge is 0.293 e. The lowest BCUT2D eigenvalue weighted by Gasteiger charge is -2.37. The molecule has 53 heavy (non-hydrogen) atoms. The van der Waals surface area contributed by atoms with E-state index in [0.29, 0.717) is 50.8 Å². The zero-order chi connectivity index (χ0) is 37.4. The van der Waals surface area contributed by atoms with Crippen molar-refractivity contribution in [2.75, 3.05) is 55.8 Å². The summed E-state index contributed by atoms with van der Waals surface area (Å²) in [6.45, 7) is 2.74. The van der Waals surface area contributed by atoms with Crippen LogP contribution in [0.3, 0.4) is 0 Å². The van der Waals surface area contributed by atoms with Gasteiger partial charge in [-0.1, -0.05) is 30.3 Å². The van der Waals surface area contributed by atoms with E-state index in [1.54, 1.807) is 31.1 Å². The van der Waals surface area contributed by atoms with Crippen LogP contribution in [-0.4, -0.2) is 90.0 Å². The molecule has 1 aliphatic heterocycles. The first-order valence-electron chi connectivity index (χ1n) is 16.5. The number of nitro groups is 1. The molecule has 0 unspecified atom stereocenters. The molecule has 5 aromatic rings. The number of methoxy groups -OCH3 is 1. The minimum atomic E-state index is -4.62. The van der Waals surface area contributed by atoms with E-state index in [-0.39, 0.29) is 22.8 Å². The number of nitrogens with one attached hydrogen (secondary N) is 2. The number of thioether (sulfide) groups is 1. The number of aromatic nitrogens is 3. The molecular formula is C36H36N8O7S2. The Hall–Kier alpha value is -5.78. The molecule has 0 radical (unpaired) electrons. The minimum Gasteiger partial charge on any atom is -0.506 e. The number of sulfonamides is 1. The van der Waals surface area contributed by atoms with Crippen LogP contribution < -0.4 is 19.7 Å². The molecule has 1 aliphatic rings. The summed E-state index contributed by atoms with van der Waals surface area (Å²) in [5.41, 5.74) is 2.22. The highest BCUT2D eigenvalue weighted by molar-refractivity contribution is 7.99. The Morgan fingerprint density at radius 2 is 1.79 bits per heavy atom. The molecule has 274 valence electrons. The number of amides is 1. The summed E-state index contributed by atoms with van der Waals surface area (Å²) < 4.78 is 35.3. The van der Waals surface area contributed by atoms with Gasteiger partial charge < -0.3 is 20.1 Å². The number of nitrogens with zero attached hydrogens (tertiary/aromatic N) is 6. The summed E-state index contributed by atoms with van der Waals surface area (Å²) >= 11 is 1.58. The Labute approximate surface area is 310 Å². The zero-order valence-electron chi connectivity index (χ0n) is 28.6. The Balaban J connectivity index is 1.24. The Bertz CT molecular complexity index is 2190. The molecule has 0 bridgehead atoms. The first-order chi connectivity index (χ1) is 25.6. The van der Waals surface area contributed by atoms with Crippen molar-refractivity contribution in [3.05, 3.63) is 119 Å². The number of nitro benzene ring substituents is 1. The maximum absolute atomic E-state index is 13.8. The molecule has 1 fully saturated rings. The normalized spacial score (nSPS) is 13.3. The van der Waals surface area contributed by atoms with Gasteiger partial charge in [0.1, 0.15) is 22.1 Å². The third kappa shape index (κ3) is 9.18. The first kappa shape index (κ1) is 37.0. The average molecular weight is 757 g/mol. The monoisotopic (exact) mass is 756 g/mol. The second kappa shape index (κ2) is 16.7. The molecule has 3 aromatic carbocycles. The number of carbonyl (C=O) groups is 1. The predicted octanol–water partition coefficient (Wildman–Crippen LogP) is 4.81. The molecule has 0 aliphatic carbocycles. The van der Waals surface area contributed by atoms with E-state index in [2.05, 4.69) is 25.4 Å². The number of aromatic hydroxyl groups is 1. The number of rotatable bonds is 14. The second-order valence-corrected chi connectivity index (χ2v) is 14.8. The summed E-state index contributed by atoms with van der Waals surface area (Å²) in [5.74, 6) is 0.303. The minimum absolute atomic E-state index is 0.0604. The number of pyridine rings is 1. The highest BCUT2D eigenvalue weighted by Gasteiger charge is 2.31. The third-order valence-electron chi connectivity index (χ3n) is 8.48. The van der Waals surface area contributed by atoms with E-state index in [1.807, 2.05) is 58.2 Å². The van der Waals surface area contributed by atoms with E-state index in [9.17, 15) is 28.4 Å². The largest absolute Gasteiger partial charge is 0.506 e. The molecule has 0 atom stereocenters. The van der Waals surface area contributed by atoms with Crippen LogP contribution in [0.2, 0.25) is 0 Å². The van der Waals surface area contributed by atoms with Gasteiger partial charge in [-0.05, 0) is 48.0 Å². The van der Waals surface area contributed by atoms with E-state index in [1.165, 1.54) is 30.6 Å². The van der Waals surface area contributed by atoms with Gasteiger partial charge in [0.15, 0.2) is 5.69 Å². The number of piperazine rings is 1. The van der Waals surface area contributed by atoms with Gasteiger partial charge >= 0.3 is 0 Å². The lowest BCUT2D eigenvalue weighted by molar-refractivity contribution is -0.384. The van der Waals surface area contributed by atoms with E-state index in [4.69, 9.17) is 4.74 Å². The van der Waals surface area contributed by atoms with Gasteiger partial charge in [0, 0.05) is 79.5 Å². The van der Waals surface area contributed by atoms with Gasteiger partial charge in [-0.3, -0.25) is 24.8 Å². The summed E-state index contributed by atoms with van der Waals surface area (Å²) in [6, 6.07) is 22.3. The van der Waals surface area contributed by atoms with Crippen LogP contribution in [0, 0.1) is 10.1 Å². The van der Waals surface area contributed by atoms with Crippen molar-refractivity contribution >= 4 is 44.8 Å². The van der Waals surface area contributed by atoms with Crippen molar-refractivity contribution in [1.29, 1.82) is 0 Å². The quantitative estimate of drug-likeness (QED) is 0.0605. The SMILES string of the molecule is COc1cc(-c2cncc(O)c2)ccc1CN1CCN(c2cc(NCCSc3ccccc3)c([N+](=O)[O-])cc2S(=O)(=O)NC(=O)c2cccnn2)CC1. The van der Waals surface area contributed by atoms with Gasteiger partial charge in [-0.25, -0.2) is 13.1 Å². The van der Waals surface area contributed by atoms with Crippen LogP contribution in [0.1, 0.15) is 16.1 Å². The maximum atomic E-state index is 13.8. The topological polar surface area (TPSA) is 193 Å². The van der Waals surface area contributed by atoms with Crippen LogP contribution in [-0.2, 0) is 16.6 Å². The van der Waals surface area contributed by atoms with Crippen molar-refractivity contribution in [3.8, 4) is 22.6 Å². The van der Waals surface area contributed by atoms with Crippen LogP contribution in [0.25, 0.3) is 11.1 Å². The van der Waals surface area contributed by atoms with Crippen molar-refractivity contribution in [3.63, 3.8) is 0 Å². The van der Waals surface area contributed by atoms with Crippen LogP contribution >= 0.6 is 11.8 Å². The van der Waals surface area contributed by atoms with Crippen LogP contribution in [0.5, 0.6) is 11.5 Å². The fourth-order valence-corrected chi connectivity index (χ4v) is 7.84. The van der Waals surface area contributed by atoms with Crippen molar-refractivity contribution in [2.24, 2.45) is 0 Å². The number of ether oxygens (including phenoxy) is 1. The Morgan fingerprint density at radius 1 is 1.00 bits per heavy atom. The summed E-state index contributed by atoms with van der Waals surface area (Å²) in [7, 11) is -3.03. The highest BCUT2D eigenvalue weighted by atomic mass is 32.2. The van der Waals surface area contributed by atoms with Gasteiger partial charge in [0.2, 0.25) is 0 Å². The van der Waals surface area contributed by atoms with Gasteiger partial charge in [0.05, 0.1) is 23.9 Å². The highest BCUT2D eigenvalue weighted by Crippen LogP contribution is 2.37. The number of benzene rings is 3. The molecule has 6 rings (SSSR count). The van der Waals surface area contributed by atoms with Gasteiger partial charge in [-0.15, -0.1) is 16.9 Å². The summed E-state index contributed by atoms with van der Waals surface area (Å²) in [6.07, 6.45) is 4.37. The van der Waals surface area contributed by atoms with Crippen LogP contribution in [0.15, 0.2) is 107 Å². The molecule has 2 aromatic heterocycles. The van der Waals surface area contributed by atoms with Crippen molar-refractivity contribution in [2.45, 2.75) is 16.3 Å². The average Bonchev–Trinajstić information content (AvgIpc) is 3.17. The number of hydrogen-bond donors (Lipinski definition) is 3. The fourth-order valence-electron chi connectivity index (χ4n) is 5.86. The zero-order valence-corrected chi connectivity index (χ0v) is 30.2. The fraction of sp³-hybridized carbons (Fsp3) is 0.222. The third-order valence-corrected chi connectivity index (χ3v) is 10.8. The lowest BCUT2D eigenvalue weighted by Crippen LogP contribution is -2.46. The molecule has 15 nitrogen and oxygen atoms in total. The van der Waals surface area contributed by atoms with Crippen LogP contribution in [0.4, 0.5) is 17.1 Å². The Kier molecular flexibility index (Phi) is 11.7. The predicted molar refractivity (Wildman–Crippen MR) is 201 cm³/mol. The molecule has 0 spiro atoms. The number of carbonyl (C=O) groups excluding carboxylic acids is 1. The molecule has 3 N–H and O–H groups in total. The lowest BCUT2D eigenvalue weighted by atomic mass is 10.0. The molecule has 1 saturated heterocycles. The Morgan fingerprint density at radius 3 is 2.49 bits per heavy atom. The van der Waals surface area contributed by atoms with Crippen molar-refractivity contribution in [1.82, 2.24) is 24.8 Å². The summed E-state index contributed by atoms with van der Waals surface area (Å²) in [4.78, 5) is 33.3. The van der Waals surface area contributed by atoms with Crippen molar-refractivity contribution < 1.29 is 28.0 Å². The second-order valence-electron chi connectivity index (χ2n) is 11.9. The van der Waals surface area contributed by atoms with Gasteiger partial charge in [-0.2, -0.15) is 5.10 Å². The maximum Gasteiger partial charge on any atom is 0.293 e. The molecule has 3 heterocycles. The van der Waals surface area contributed by atoms with E-state index in [0.717, 1.165) is 27.7 Å². The number of hydrogen-bond acceptors (Lipinski definition) is 14. The van der Waals surface area contributed by atoms with Gasteiger partial charge in [0.25, 0.3) is 21.6 Å². The standard InChI is InChI=1S/C36H36N8O7S2/c1-51-34-19-25(27-18-28(45)23-37-22-27)9-10-26(34)24-42-13-15-43(16-14-42)33-20-31(38-12-17-52-29-6-3-2-4-7-29)32(44(47)48)21-35(33)53(49,50)41-36(46)30-8-5-11-39-40-30/h2-11,18-23,38,45H,12-17,24H2,1H3,(H,41,46). The number of anilines is 2. The van der Waals surface area contributed by atoms with E-state index < -0.39 is 31.4 Å². The first-order valence-corrected chi connectivity index (χ1v) is 19.0. The molecule has 0 saturated carbocycles. The van der Waals surface area contributed by atoms with E-state index >= 15 is 0 Å². The molecule has 17 heteroatoms. The summed E-state index contributed by atoms with van der Waals surface area (Å²) in [5, 5.41) is 32.6. The molecular weight excluding hydrogens is 721 g/mol. The molecule has 1 amide bonds.